The second-order valence-electron chi connectivity index (χ2n) is 11.4. The molecule has 4 aliphatic carbocycles. The summed E-state index contributed by atoms with van der Waals surface area (Å²) in [5.74, 6) is 3.74. The van der Waals surface area contributed by atoms with Crippen LogP contribution in [0.5, 0.6) is 0 Å². The molecular weight excluding hydrogens is 370 g/mol. The van der Waals surface area contributed by atoms with Gasteiger partial charge in [0.1, 0.15) is 5.78 Å². The Morgan fingerprint density at radius 3 is 2.40 bits per heavy atom. The van der Waals surface area contributed by atoms with Crippen molar-refractivity contribution in [2.75, 3.05) is 33.9 Å². The zero-order valence-electron chi connectivity index (χ0n) is 20.6. The predicted molar refractivity (Wildman–Crippen MR) is 126 cm³/mol. The van der Waals surface area contributed by atoms with Gasteiger partial charge >= 0.3 is 0 Å². The zero-order chi connectivity index (χ0) is 21.9. The van der Waals surface area contributed by atoms with E-state index in [2.05, 4.69) is 52.8 Å². The van der Waals surface area contributed by atoms with Gasteiger partial charge in [-0.2, -0.15) is 0 Å². The van der Waals surface area contributed by atoms with Crippen LogP contribution in [0.4, 0.5) is 0 Å². The molecule has 3 heteroatoms. The van der Waals surface area contributed by atoms with E-state index in [-0.39, 0.29) is 5.41 Å². The summed E-state index contributed by atoms with van der Waals surface area (Å²) in [6, 6.07) is 0. The van der Waals surface area contributed by atoms with Crippen LogP contribution in [0, 0.1) is 34.5 Å². The highest BCUT2D eigenvalue weighted by Crippen LogP contribution is 2.64. The van der Waals surface area contributed by atoms with Crippen molar-refractivity contribution in [1.82, 2.24) is 4.90 Å². The molecule has 0 aromatic rings. The van der Waals surface area contributed by atoms with Crippen LogP contribution >= 0.6 is 0 Å². The van der Waals surface area contributed by atoms with Crippen LogP contribution in [-0.4, -0.2) is 44.5 Å². The molecule has 3 fully saturated rings. The Bertz CT molecular complexity index is 626. The van der Waals surface area contributed by atoms with E-state index >= 15 is 0 Å². The largest absolute Gasteiger partial charge is 0.380 e. The third kappa shape index (κ3) is 4.72. The van der Waals surface area contributed by atoms with E-state index in [1.165, 1.54) is 38.5 Å². The van der Waals surface area contributed by atoms with E-state index in [0.29, 0.717) is 17.1 Å². The molecule has 30 heavy (non-hydrogen) atoms. The number of ketones is 1. The highest BCUT2D eigenvalue weighted by molar-refractivity contribution is 5.87. The molecule has 6 atom stereocenters. The molecule has 0 heterocycles. The number of ether oxygens (including phenoxy) is 1. The first-order valence-corrected chi connectivity index (χ1v) is 12.7. The molecule has 4 rings (SSSR count). The topological polar surface area (TPSA) is 29.5 Å². The fraction of sp³-hybridized carbons (Fsp3) is 0.889. The van der Waals surface area contributed by atoms with E-state index in [1.807, 2.05) is 0 Å². The minimum absolute atomic E-state index is 0.0424. The predicted octanol–water partition coefficient (Wildman–Crippen LogP) is 6.13. The molecule has 0 amide bonds. The van der Waals surface area contributed by atoms with Crippen molar-refractivity contribution in [2.24, 2.45) is 34.5 Å². The average molecular weight is 418 g/mol. The first-order valence-electron chi connectivity index (χ1n) is 12.7. The van der Waals surface area contributed by atoms with Crippen molar-refractivity contribution in [1.29, 1.82) is 0 Å². The van der Waals surface area contributed by atoms with Gasteiger partial charge in [-0.3, -0.25) is 4.79 Å². The number of hydrogen-bond donors (Lipinski definition) is 0. The summed E-state index contributed by atoms with van der Waals surface area (Å²) in [6.07, 6.45) is 13.6. The Balaban J connectivity index is 0.000000244. The van der Waals surface area contributed by atoms with Crippen LogP contribution in [0.1, 0.15) is 85.5 Å². The second kappa shape index (κ2) is 9.86. The van der Waals surface area contributed by atoms with Gasteiger partial charge in [0.2, 0.25) is 0 Å². The Labute approximate surface area is 186 Å². The molecule has 0 N–H and O–H groups in total. The molecule has 0 bridgehead atoms. The first-order chi connectivity index (χ1) is 14.2. The maximum atomic E-state index is 12.4. The van der Waals surface area contributed by atoms with E-state index in [1.54, 1.807) is 5.57 Å². The maximum Gasteiger partial charge on any atom is 0.139 e. The van der Waals surface area contributed by atoms with Gasteiger partial charge in [-0.1, -0.05) is 39.3 Å². The van der Waals surface area contributed by atoms with Crippen LogP contribution < -0.4 is 0 Å². The van der Waals surface area contributed by atoms with Gasteiger partial charge in [-0.25, -0.2) is 0 Å². The quantitative estimate of drug-likeness (QED) is 0.398. The Kier molecular flexibility index (Phi) is 7.88. The molecule has 0 saturated heterocycles. The third-order valence-corrected chi connectivity index (χ3v) is 9.08. The number of hydrogen-bond acceptors (Lipinski definition) is 3. The Hall–Kier alpha value is -0.670. The van der Waals surface area contributed by atoms with E-state index in [4.69, 9.17) is 4.74 Å². The van der Waals surface area contributed by atoms with Crippen molar-refractivity contribution in [2.45, 2.75) is 85.5 Å². The van der Waals surface area contributed by atoms with Crippen LogP contribution in [0.15, 0.2) is 11.6 Å². The number of rotatable bonds is 5. The smallest absolute Gasteiger partial charge is 0.139 e. The highest BCUT2D eigenvalue weighted by atomic mass is 16.5. The zero-order valence-corrected chi connectivity index (χ0v) is 20.6. The second-order valence-corrected chi connectivity index (χ2v) is 11.4. The van der Waals surface area contributed by atoms with Gasteiger partial charge in [0.15, 0.2) is 0 Å². The lowest BCUT2D eigenvalue weighted by molar-refractivity contribution is -0.132. The minimum Gasteiger partial charge on any atom is -0.380 e. The number of carbonyl (C=O) groups is 1. The molecule has 4 aliphatic rings. The maximum absolute atomic E-state index is 12.4. The average Bonchev–Trinajstić information content (AvgIpc) is 3.01. The summed E-state index contributed by atoms with van der Waals surface area (Å²) in [5, 5.41) is 0. The third-order valence-electron chi connectivity index (χ3n) is 9.08. The Morgan fingerprint density at radius 1 is 1.00 bits per heavy atom. The van der Waals surface area contributed by atoms with Crippen molar-refractivity contribution >= 4 is 5.78 Å². The summed E-state index contributed by atoms with van der Waals surface area (Å²) in [7, 11) is 4.10. The van der Waals surface area contributed by atoms with Gasteiger partial charge in [0.05, 0.1) is 6.61 Å². The number of carbonyl (C=O) groups excluding carboxylic acids is 1. The van der Waals surface area contributed by atoms with Gasteiger partial charge < -0.3 is 9.64 Å². The van der Waals surface area contributed by atoms with Crippen molar-refractivity contribution in [3.8, 4) is 0 Å². The highest BCUT2D eigenvalue weighted by Gasteiger charge is 2.58. The Morgan fingerprint density at radius 2 is 1.70 bits per heavy atom. The monoisotopic (exact) mass is 417 g/mol. The molecule has 0 aliphatic heterocycles. The molecule has 0 radical (unpaired) electrons. The summed E-state index contributed by atoms with van der Waals surface area (Å²) in [6.45, 7) is 12.1. The lowest BCUT2D eigenvalue weighted by Gasteiger charge is -2.57. The summed E-state index contributed by atoms with van der Waals surface area (Å²) < 4.78 is 5.25. The van der Waals surface area contributed by atoms with Gasteiger partial charge in [-0.05, 0) is 94.5 Å². The molecular formula is C27H47NO2. The molecule has 172 valence electrons. The number of likely N-dealkylation sites (N-methyl/N-ethyl adjacent to an activating group) is 1. The first kappa shape index (κ1) is 24.0. The number of fused-ring (bicyclic) bond motifs is 5. The SMILES string of the molecule is CCCOCCN(C)C.C[C@@H]1C=C2CCC3C(CC[C@]4(C)C(=O)CCC34)[C@@]2(C)CC1. The molecule has 3 saturated carbocycles. The molecule has 0 aromatic heterocycles. The summed E-state index contributed by atoms with van der Waals surface area (Å²) >= 11 is 0. The number of allylic oxidation sites excluding steroid dienone is 2. The number of Topliss-reactive ketones (excluding diaryl/α,β-unsaturated/α-hetero) is 1. The van der Waals surface area contributed by atoms with Crippen LogP contribution in [0.3, 0.4) is 0 Å². The van der Waals surface area contributed by atoms with Gasteiger partial charge in [0, 0.05) is 25.0 Å². The fourth-order valence-electron chi connectivity index (χ4n) is 7.17. The van der Waals surface area contributed by atoms with Crippen molar-refractivity contribution in [3.63, 3.8) is 0 Å². The molecule has 0 aromatic carbocycles. The standard InChI is InChI=1S/C20H30O.C7H17NO/c1-13-8-10-19(2)14(12-13)4-5-15-16-6-7-18(21)20(16,3)11-9-17(15)19;1-4-6-9-7-5-8(2)3/h12-13,15-17H,4-11H2,1-3H3;4-7H2,1-3H3/t13-,15?,16?,17?,19-,20-;/m0./s1. The lowest BCUT2D eigenvalue weighted by atomic mass is 9.47. The lowest BCUT2D eigenvalue weighted by Crippen LogP contribution is -2.50. The fourth-order valence-corrected chi connectivity index (χ4v) is 7.17. The van der Waals surface area contributed by atoms with Crippen LogP contribution in [0.25, 0.3) is 0 Å². The molecule has 3 unspecified atom stereocenters. The van der Waals surface area contributed by atoms with E-state index in [0.717, 1.165) is 56.8 Å². The van der Waals surface area contributed by atoms with E-state index in [9.17, 15) is 4.79 Å². The van der Waals surface area contributed by atoms with Crippen molar-refractivity contribution in [3.05, 3.63) is 11.6 Å². The van der Waals surface area contributed by atoms with E-state index < -0.39 is 0 Å². The molecule has 3 nitrogen and oxygen atoms in total. The minimum atomic E-state index is 0.0424. The van der Waals surface area contributed by atoms with Crippen LogP contribution in [-0.2, 0) is 9.53 Å². The normalized spacial score (nSPS) is 40.1. The number of nitrogens with zero attached hydrogens (tertiary/aromatic N) is 1. The van der Waals surface area contributed by atoms with Crippen molar-refractivity contribution < 1.29 is 9.53 Å². The van der Waals surface area contributed by atoms with Gasteiger partial charge in [0.25, 0.3) is 0 Å². The summed E-state index contributed by atoms with van der Waals surface area (Å²) in [5.41, 5.74) is 2.28. The summed E-state index contributed by atoms with van der Waals surface area (Å²) in [4.78, 5) is 14.5. The van der Waals surface area contributed by atoms with Gasteiger partial charge in [-0.15, -0.1) is 0 Å². The molecule has 0 spiro atoms. The van der Waals surface area contributed by atoms with Crippen LogP contribution in [0.2, 0.25) is 0 Å².